The summed E-state index contributed by atoms with van der Waals surface area (Å²) >= 11 is 0. The van der Waals surface area contributed by atoms with Gasteiger partial charge in [0, 0.05) is 0 Å². The van der Waals surface area contributed by atoms with Crippen LogP contribution >= 0.6 is 0 Å². The van der Waals surface area contributed by atoms with E-state index in [4.69, 9.17) is 10.8 Å². The summed E-state index contributed by atoms with van der Waals surface area (Å²) in [6, 6.07) is 4.34. The third kappa shape index (κ3) is 5.05. The van der Waals surface area contributed by atoms with Crippen LogP contribution in [0, 0.1) is 0 Å². The molecule has 0 heterocycles. The number of carbonyl (C=O) groups is 1. The number of nitrogens with two attached hydrogens (primary N) is 1. The average Bonchev–Trinajstić information content (AvgIpc) is 2.23. The van der Waals surface area contributed by atoms with Crippen molar-refractivity contribution in [3.63, 3.8) is 0 Å². The zero-order chi connectivity index (χ0) is 13.8. The summed E-state index contributed by atoms with van der Waals surface area (Å²) < 4.78 is 39.7. The predicted molar refractivity (Wildman–Crippen MR) is 57.1 cm³/mol. The number of hydrogen-bond acceptors (Lipinski definition) is 3. The van der Waals surface area contributed by atoms with Gasteiger partial charge in [-0.1, -0.05) is 12.1 Å². The second kappa shape index (κ2) is 5.72. The lowest BCUT2D eigenvalue weighted by atomic mass is 10.1. The smallest absolute Gasteiger partial charge is 0.480 e. The molecular formula is C11H12F3NO3. The van der Waals surface area contributed by atoms with Gasteiger partial charge in [0.25, 0.3) is 0 Å². The Morgan fingerprint density at radius 2 is 2.11 bits per heavy atom. The predicted octanol–water partition coefficient (Wildman–Crippen LogP) is 1.93. The molecule has 1 atom stereocenters. The van der Waals surface area contributed by atoms with Crippen LogP contribution in [0.1, 0.15) is 12.0 Å². The van der Waals surface area contributed by atoms with Crippen LogP contribution < -0.4 is 10.5 Å². The quantitative estimate of drug-likeness (QED) is 0.851. The number of alkyl halides is 3. The monoisotopic (exact) mass is 263 g/mol. The van der Waals surface area contributed by atoms with E-state index >= 15 is 0 Å². The number of ether oxygens (including phenoxy) is 1. The fourth-order valence-corrected chi connectivity index (χ4v) is 1.34. The molecule has 0 aliphatic carbocycles. The van der Waals surface area contributed by atoms with Crippen molar-refractivity contribution in [1.29, 1.82) is 0 Å². The number of aryl methyl sites for hydroxylation is 1. The van der Waals surface area contributed by atoms with Crippen LogP contribution in [0.3, 0.4) is 0 Å². The van der Waals surface area contributed by atoms with Gasteiger partial charge in [0.1, 0.15) is 11.8 Å². The first-order chi connectivity index (χ1) is 8.28. The van der Waals surface area contributed by atoms with E-state index in [2.05, 4.69) is 4.74 Å². The molecule has 100 valence electrons. The van der Waals surface area contributed by atoms with Gasteiger partial charge in [-0.25, -0.2) is 0 Å². The van der Waals surface area contributed by atoms with Crippen LogP contribution in [-0.2, 0) is 11.2 Å². The Balaban J connectivity index is 2.62. The molecule has 1 aromatic carbocycles. The minimum atomic E-state index is -4.74. The summed E-state index contributed by atoms with van der Waals surface area (Å²) in [7, 11) is 0. The molecule has 4 nitrogen and oxygen atoms in total. The van der Waals surface area contributed by atoms with Gasteiger partial charge in [-0.05, 0) is 30.5 Å². The first kappa shape index (κ1) is 14.3. The van der Waals surface area contributed by atoms with Crippen molar-refractivity contribution < 1.29 is 27.8 Å². The van der Waals surface area contributed by atoms with E-state index in [1.54, 1.807) is 6.07 Å². The highest BCUT2D eigenvalue weighted by Crippen LogP contribution is 2.23. The number of rotatable bonds is 5. The normalized spacial score (nSPS) is 13.1. The molecule has 1 rings (SSSR count). The highest BCUT2D eigenvalue weighted by molar-refractivity contribution is 5.73. The third-order valence-electron chi connectivity index (χ3n) is 2.19. The van der Waals surface area contributed by atoms with Crippen molar-refractivity contribution in [2.75, 3.05) is 0 Å². The molecule has 0 aliphatic rings. The second-order valence-corrected chi connectivity index (χ2v) is 3.68. The molecule has 0 aromatic heterocycles. The Morgan fingerprint density at radius 1 is 1.44 bits per heavy atom. The number of carboxylic acids is 1. The standard InChI is InChI=1S/C11H12F3NO3/c12-11(13,14)18-8-3-1-2-7(6-8)4-5-9(15)10(16)17/h1-3,6,9H,4-5,15H2,(H,16,17)/t9-/m0/s1. The SMILES string of the molecule is N[C@@H](CCc1cccc(OC(F)(F)F)c1)C(=O)O. The Kier molecular flexibility index (Phi) is 4.55. The van der Waals surface area contributed by atoms with E-state index in [1.807, 2.05) is 0 Å². The topological polar surface area (TPSA) is 72.5 Å². The van der Waals surface area contributed by atoms with Gasteiger partial charge in [-0.15, -0.1) is 13.2 Å². The molecule has 0 fully saturated rings. The van der Waals surface area contributed by atoms with Crippen LogP contribution in [0.5, 0.6) is 5.75 Å². The van der Waals surface area contributed by atoms with Gasteiger partial charge in [-0.3, -0.25) is 4.79 Å². The highest BCUT2D eigenvalue weighted by atomic mass is 19.4. The molecular weight excluding hydrogens is 251 g/mol. The maximum absolute atomic E-state index is 12.0. The van der Waals surface area contributed by atoms with E-state index < -0.39 is 18.4 Å². The first-order valence-corrected chi connectivity index (χ1v) is 5.11. The van der Waals surface area contributed by atoms with Crippen LogP contribution in [0.2, 0.25) is 0 Å². The average molecular weight is 263 g/mol. The van der Waals surface area contributed by atoms with E-state index in [0.29, 0.717) is 5.56 Å². The highest BCUT2D eigenvalue weighted by Gasteiger charge is 2.31. The van der Waals surface area contributed by atoms with Crippen molar-refractivity contribution in [3.8, 4) is 5.75 Å². The van der Waals surface area contributed by atoms with Crippen LogP contribution in [0.4, 0.5) is 13.2 Å². The van der Waals surface area contributed by atoms with Crippen LogP contribution in [-0.4, -0.2) is 23.5 Å². The van der Waals surface area contributed by atoms with Gasteiger partial charge >= 0.3 is 12.3 Å². The summed E-state index contributed by atoms with van der Waals surface area (Å²) in [6.45, 7) is 0. The molecule has 0 radical (unpaired) electrons. The second-order valence-electron chi connectivity index (χ2n) is 3.68. The fraction of sp³-hybridized carbons (Fsp3) is 0.364. The lowest BCUT2D eigenvalue weighted by Crippen LogP contribution is -2.30. The van der Waals surface area contributed by atoms with Crippen molar-refractivity contribution in [1.82, 2.24) is 0 Å². The minimum absolute atomic E-state index is 0.144. The summed E-state index contributed by atoms with van der Waals surface area (Å²) in [5, 5.41) is 8.57. The fourth-order valence-electron chi connectivity index (χ4n) is 1.34. The molecule has 0 spiro atoms. The molecule has 0 amide bonds. The van der Waals surface area contributed by atoms with E-state index in [1.165, 1.54) is 18.2 Å². The number of aliphatic carboxylic acids is 1. The summed E-state index contributed by atoms with van der Waals surface area (Å²) in [4.78, 5) is 10.5. The maximum Gasteiger partial charge on any atom is 0.573 e. The first-order valence-electron chi connectivity index (χ1n) is 5.11. The molecule has 7 heteroatoms. The van der Waals surface area contributed by atoms with Gasteiger partial charge in [0.15, 0.2) is 0 Å². The summed E-state index contributed by atoms with van der Waals surface area (Å²) in [5.41, 5.74) is 5.83. The van der Waals surface area contributed by atoms with Crippen LogP contribution in [0.25, 0.3) is 0 Å². The largest absolute Gasteiger partial charge is 0.573 e. The molecule has 18 heavy (non-hydrogen) atoms. The van der Waals surface area contributed by atoms with Crippen molar-refractivity contribution in [3.05, 3.63) is 29.8 Å². The summed E-state index contributed by atoms with van der Waals surface area (Å²) in [5.74, 6) is -1.47. The number of halogens is 3. The molecule has 1 aromatic rings. The Labute approximate surface area is 101 Å². The molecule has 0 saturated carbocycles. The Morgan fingerprint density at radius 3 is 2.67 bits per heavy atom. The molecule has 0 saturated heterocycles. The zero-order valence-electron chi connectivity index (χ0n) is 9.28. The number of benzene rings is 1. The van der Waals surface area contributed by atoms with Crippen molar-refractivity contribution in [2.24, 2.45) is 5.73 Å². The van der Waals surface area contributed by atoms with E-state index in [0.717, 1.165) is 0 Å². The van der Waals surface area contributed by atoms with Crippen LogP contribution in [0.15, 0.2) is 24.3 Å². The lowest BCUT2D eigenvalue weighted by molar-refractivity contribution is -0.274. The molecule has 0 bridgehead atoms. The molecule has 0 unspecified atom stereocenters. The summed E-state index contributed by atoms with van der Waals surface area (Å²) in [6.07, 6.45) is -4.33. The molecule has 3 N–H and O–H groups in total. The maximum atomic E-state index is 12.0. The number of hydrogen-bond donors (Lipinski definition) is 2. The zero-order valence-corrected chi connectivity index (χ0v) is 9.28. The van der Waals surface area contributed by atoms with E-state index in [9.17, 15) is 18.0 Å². The molecule has 0 aliphatic heterocycles. The Hall–Kier alpha value is -1.76. The van der Waals surface area contributed by atoms with Crippen molar-refractivity contribution in [2.45, 2.75) is 25.2 Å². The van der Waals surface area contributed by atoms with Gasteiger partial charge in [-0.2, -0.15) is 0 Å². The minimum Gasteiger partial charge on any atom is -0.480 e. The van der Waals surface area contributed by atoms with Gasteiger partial charge in [0.05, 0.1) is 0 Å². The van der Waals surface area contributed by atoms with Gasteiger partial charge in [0.2, 0.25) is 0 Å². The number of carboxylic acid groups (broad SMARTS) is 1. The Bertz CT molecular complexity index is 420. The lowest BCUT2D eigenvalue weighted by Gasteiger charge is -2.10. The van der Waals surface area contributed by atoms with Crippen molar-refractivity contribution >= 4 is 5.97 Å². The van der Waals surface area contributed by atoms with E-state index in [-0.39, 0.29) is 18.6 Å². The van der Waals surface area contributed by atoms with Gasteiger partial charge < -0.3 is 15.6 Å². The third-order valence-corrected chi connectivity index (χ3v) is 2.19.